The number of rotatable bonds is 3. The molecule has 0 aliphatic heterocycles. The summed E-state index contributed by atoms with van der Waals surface area (Å²) in [6.07, 6.45) is 2.16. The van der Waals surface area contributed by atoms with Gasteiger partial charge < -0.3 is 5.32 Å². The molecule has 0 saturated heterocycles. The second-order valence-corrected chi connectivity index (χ2v) is 4.18. The highest BCUT2D eigenvalue weighted by molar-refractivity contribution is 5.96. The fraction of sp³-hybridized carbons (Fsp3) is 0.231. The van der Waals surface area contributed by atoms with Crippen LogP contribution in [0, 0.1) is 21.4 Å². The van der Waals surface area contributed by atoms with Crippen LogP contribution in [-0.2, 0) is 0 Å². The van der Waals surface area contributed by atoms with Gasteiger partial charge in [0.15, 0.2) is 0 Å². The molecule has 2 rings (SSSR count). The largest absolute Gasteiger partial charge is 0.325 e. The number of hydrogen-bond acceptors (Lipinski definition) is 4. The van der Waals surface area contributed by atoms with Gasteiger partial charge in [0.25, 0.3) is 11.6 Å². The zero-order valence-electron chi connectivity index (χ0n) is 10.0. The van der Waals surface area contributed by atoms with Crippen molar-refractivity contribution in [3.63, 3.8) is 0 Å². The summed E-state index contributed by atoms with van der Waals surface area (Å²) in [5.41, 5.74) is 1.29. The molecule has 1 aliphatic carbocycles. The third-order valence-corrected chi connectivity index (χ3v) is 2.94. The van der Waals surface area contributed by atoms with Gasteiger partial charge >= 0.3 is 0 Å². The van der Waals surface area contributed by atoms with E-state index in [1.807, 2.05) is 0 Å². The lowest BCUT2D eigenvalue weighted by Crippen LogP contribution is -2.22. The van der Waals surface area contributed by atoms with E-state index in [2.05, 4.69) is 11.4 Å². The molecule has 0 atom stereocenters. The average molecular weight is 257 g/mol. The highest BCUT2D eigenvalue weighted by atomic mass is 16.6. The number of nitrogens with zero attached hydrogens (tertiary/aromatic N) is 2. The van der Waals surface area contributed by atoms with Gasteiger partial charge in [-0.2, -0.15) is 5.26 Å². The smallest absolute Gasteiger partial charge is 0.270 e. The molecule has 0 saturated carbocycles. The van der Waals surface area contributed by atoms with E-state index in [4.69, 9.17) is 5.26 Å². The van der Waals surface area contributed by atoms with Gasteiger partial charge in [0.2, 0.25) is 0 Å². The predicted octanol–water partition coefficient (Wildman–Crippen LogP) is 2.29. The van der Waals surface area contributed by atoms with E-state index in [-0.39, 0.29) is 11.3 Å². The average Bonchev–Trinajstić information content (AvgIpc) is 2.86. The Kier molecular flexibility index (Phi) is 3.57. The number of nitrogens with one attached hydrogen (secondary N) is 1. The molecule has 1 aromatic rings. The van der Waals surface area contributed by atoms with E-state index in [1.165, 1.54) is 24.3 Å². The SMILES string of the molecule is N#CC1=C(NC(=O)c2cccc([N+](=O)[O-])c2)CCC1. The molecule has 1 aliphatic rings. The Balaban J connectivity index is 2.19. The second kappa shape index (κ2) is 5.31. The van der Waals surface area contributed by atoms with Crippen LogP contribution in [0.1, 0.15) is 29.6 Å². The molecule has 0 unspecified atom stereocenters. The van der Waals surface area contributed by atoms with Gasteiger partial charge in [0, 0.05) is 29.0 Å². The maximum atomic E-state index is 12.0. The Bertz CT molecular complexity index is 614. The van der Waals surface area contributed by atoms with Crippen LogP contribution in [0.3, 0.4) is 0 Å². The van der Waals surface area contributed by atoms with Crippen molar-refractivity contribution < 1.29 is 9.72 Å². The highest BCUT2D eigenvalue weighted by Crippen LogP contribution is 2.23. The number of allylic oxidation sites excluding steroid dienone is 2. The molecule has 1 aromatic carbocycles. The zero-order valence-corrected chi connectivity index (χ0v) is 10.0. The molecule has 1 amide bonds. The lowest BCUT2D eigenvalue weighted by Gasteiger charge is -2.06. The summed E-state index contributed by atoms with van der Waals surface area (Å²) in [6, 6.07) is 7.57. The number of benzene rings is 1. The van der Waals surface area contributed by atoms with Crippen molar-refractivity contribution in [2.75, 3.05) is 0 Å². The van der Waals surface area contributed by atoms with Crippen LogP contribution in [0.15, 0.2) is 35.5 Å². The molecule has 0 heterocycles. The van der Waals surface area contributed by atoms with E-state index >= 15 is 0 Å². The minimum absolute atomic E-state index is 0.131. The molecular weight excluding hydrogens is 246 g/mol. The minimum Gasteiger partial charge on any atom is -0.325 e. The van der Waals surface area contributed by atoms with Crippen LogP contribution in [0.5, 0.6) is 0 Å². The molecule has 6 heteroatoms. The number of nitro benzene ring substituents is 1. The van der Waals surface area contributed by atoms with Gasteiger partial charge in [0.05, 0.1) is 11.0 Å². The Labute approximate surface area is 109 Å². The summed E-state index contributed by atoms with van der Waals surface area (Å²) in [6.45, 7) is 0. The van der Waals surface area contributed by atoms with Crippen molar-refractivity contribution in [2.24, 2.45) is 0 Å². The van der Waals surface area contributed by atoms with Gasteiger partial charge in [-0.3, -0.25) is 14.9 Å². The number of hydrogen-bond donors (Lipinski definition) is 1. The van der Waals surface area contributed by atoms with Crippen molar-refractivity contribution in [2.45, 2.75) is 19.3 Å². The summed E-state index contributed by atoms with van der Waals surface area (Å²) in [7, 11) is 0. The first-order valence-electron chi connectivity index (χ1n) is 5.79. The van der Waals surface area contributed by atoms with Crippen LogP contribution in [-0.4, -0.2) is 10.8 Å². The summed E-state index contributed by atoms with van der Waals surface area (Å²) < 4.78 is 0. The first-order valence-corrected chi connectivity index (χ1v) is 5.79. The Hall–Kier alpha value is -2.68. The number of nitro groups is 1. The fourth-order valence-electron chi connectivity index (χ4n) is 1.97. The minimum atomic E-state index is -0.549. The van der Waals surface area contributed by atoms with Crippen LogP contribution in [0.2, 0.25) is 0 Å². The topological polar surface area (TPSA) is 96.0 Å². The summed E-state index contributed by atoms with van der Waals surface area (Å²) in [4.78, 5) is 22.1. The lowest BCUT2D eigenvalue weighted by molar-refractivity contribution is -0.384. The van der Waals surface area contributed by atoms with Gasteiger partial charge in [-0.05, 0) is 25.3 Å². The van der Waals surface area contributed by atoms with Gasteiger partial charge in [0.1, 0.15) is 0 Å². The predicted molar refractivity (Wildman–Crippen MR) is 67.1 cm³/mol. The molecule has 0 spiro atoms. The second-order valence-electron chi connectivity index (χ2n) is 4.18. The summed E-state index contributed by atoms with van der Waals surface area (Å²) in [5.74, 6) is -0.423. The third kappa shape index (κ3) is 2.77. The molecule has 1 N–H and O–H groups in total. The number of non-ortho nitro benzene ring substituents is 1. The molecule has 0 radical (unpaired) electrons. The van der Waals surface area contributed by atoms with Crippen LogP contribution in [0.4, 0.5) is 5.69 Å². The van der Waals surface area contributed by atoms with E-state index in [9.17, 15) is 14.9 Å². The number of nitriles is 1. The lowest BCUT2D eigenvalue weighted by atomic mass is 10.2. The number of carbonyl (C=O) groups excluding carboxylic acids is 1. The van der Waals surface area contributed by atoms with Crippen molar-refractivity contribution in [3.8, 4) is 6.07 Å². The van der Waals surface area contributed by atoms with E-state index in [1.54, 1.807) is 0 Å². The van der Waals surface area contributed by atoms with Crippen LogP contribution < -0.4 is 5.32 Å². The molecule has 19 heavy (non-hydrogen) atoms. The van der Waals surface area contributed by atoms with Gasteiger partial charge in [-0.1, -0.05) is 6.07 Å². The fourth-order valence-corrected chi connectivity index (χ4v) is 1.97. The van der Waals surface area contributed by atoms with E-state index in [0.29, 0.717) is 24.1 Å². The quantitative estimate of drug-likeness (QED) is 0.663. The van der Waals surface area contributed by atoms with E-state index < -0.39 is 10.8 Å². The van der Waals surface area contributed by atoms with E-state index in [0.717, 1.165) is 6.42 Å². The molecule has 0 bridgehead atoms. The first kappa shape index (κ1) is 12.8. The van der Waals surface area contributed by atoms with Gasteiger partial charge in [-0.15, -0.1) is 0 Å². The normalized spacial score (nSPS) is 14.1. The molecular formula is C13H11N3O3. The standard InChI is InChI=1S/C13H11N3O3/c14-8-10-4-2-6-12(10)15-13(17)9-3-1-5-11(7-9)16(18)19/h1,3,5,7H,2,4,6H2,(H,15,17). The zero-order chi connectivity index (χ0) is 13.8. The molecule has 6 nitrogen and oxygen atoms in total. The van der Waals surface area contributed by atoms with Crippen LogP contribution >= 0.6 is 0 Å². The number of amides is 1. The summed E-state index contributed by atoms with van der Waals surface area (Å²) >= 11 is 0. The van der Waals surface area contributed by atoms with Crippen molar-refractivity contribution >= 4 is 11.6 Å². The monoisotopic (exact) mass is 257 g/mol. The Morgan fingerprint density at radius 2 is 2.21 bits per heavy atom. The Morgan fingerprint density at radius 3 is 2.89 bits per heavy atom. The third-order valence-electron chi connectivity index (χ3n) is 2.94. The first-order chi connectivity index (χ1) is 9.11. The van der Waals surface area contributed by atoms with Crippen LogP contribution in [0.25, 0.3) is 0 Å². The molecule has 96 valence electrons. The maximum Gasteiger partial charge on any atom is 0.270 e. The van der Waals surface area contributed by atoms with Crippen molar-refractivity contribution in [1.29, 1.82) is 5.26 Å². The molecule has 0 fully saturated rings. The van der Waals surface area contributed by atoms with Crippen molar-refractivity contribution in [3.05, 3.63) is 51.2 Å². The van der Waals surface area contributed by atoms with Crippen molar-refractivity contribution in [1.82, 2.24) is 5.32 Å². The highest BCUT2D eigenvalue weighted by Gasteiger charge is 2.18. The molecule has 0 aromatic heterocycles. The Morgan fingerprint density at radius 1 is 1.42 bits per heavy atom. The maximum absolute atomic E-state index is 12.0. The number of carbonyl (C=O) groups is 1. The van der Waals surface area contributed by atoms with Gasteiger partial charge in [-0.25, -0.2) is 0 Å². The summed E-state index contributed by atoms with van der Waals surface area (Å²) in [5, 5.41) is 22.2.